The van der Waals surface area contributed by atoms with Crippen LogP contribution in [-0.2, 0) is 0 Å². The molecule has 1 fully saturated rings. The van der Waals surface area contributed by atoms with Gasteiger partial charge >= 0.3 is 0 Å². The number of phenols is 1. The Balaban J connectivity index is 2.12. The monoisotopic (exact) mass is 234 g/mol. The lowest BCUT2D eigenvalue weighted by Gasteiger charge is -2.16. The maximum Gasteiger partial charge on any atom is 0.253 e. The van der Waals surface area contributed by atoms with Crippen LogP contribution in [0.25, 0.3) is 0 Å². The first-order valence-corrected chi connectivity index (χ1v) is 5.90. The summed E-state index contributed by atoms with van der Waals surface area (Å²) in [6, 6.07) is 4.97. The Kier molecular flexibility index (Phi) is 3.33. The first kappa shape index (κ1) is 11.9. The van der Waals surface area contributed by atoms with E-state index in [-0.39, 0.29) is 11.7 Å². The number of benzene rings is 1. The molecular formula is C13H18N2O2. The van der Waals surface area contributed by atoms with Gasteiger partial charge in [-0.15, -0.1) is 0 Å². The fraction of sp³-hybridized carbons (Fsp3) is 0.462. The van der Waals surface area contributed by atoms with Crippen molar-refractivity contribution in [2.45, 2.75) is 13.3 Å². The molecule has 3 N–H and O–H groups in total. The van der Waals surface area contributed by atoms with Crippen LogP contribution in [0.3, 0.4) is 0 Å². The zero-order chi connectivity index (χ0) is 12.4. The Hall–Kier alpha value is -1.55. The number of hydrogen-bond donors (Lipinski definition) is 2. The van der Waals surface area contributed by atoms with Crippen LogP contribution in [0, 0.1) is 12.8 Å². The van der Waals surface area contributed by atoms with E-state index >= 15 is 0 Å². The van der Waals surface area contributed by atoms with Gasteiger partial charge in [0.25, 0.3) is 5.91 Å². The first-order valence-electron chi connectivity index (χ1n) is 5.90. The van der Waals surface area contributed by atoms with Crippen LogP contribution < -0.4 is 5.73 Å². The van der Waals surface area contributed by atoms with Crippen molar-refractivity contribution in [1.82, 2.24) is 4.90 Å². The van der Waals surface area contributed by atoms with Crippen molar-refractivity contribution in [1.29, 1.82) is 0 Å². The average Bonchev–Trinajstić information content (AvgIpc) is 2.80. The number of amides is 1. The molecule has 0 bridgehead atoms. The molecule has 4 heteroatoms. The predicted octanol–water partition coefficient (Wildman–Crippen LogP) is 1.12. The van der Waals surface area contributed by atoms with E-state index in [1.165, 1.54) is 0 Å². The molecule has 1 aromatic rings. The molecule has 1 atom stereocenters. The highest BCUT2D eigenvalue weighted by Gasteiger charge is 2.26. The smallest absolute Gasteiger partial charge is 0.253 e. The lowest BCUT2D eigenvalue weighted by Crippen LogP contribution is -2.29. The van der Waals surface area contributed by atoms with E-state index in [4.69, 9.17) is 5.73 Å². The van der Waals surface area contributed by atoms with Crippen molar-refractivity contribution < 1.29 is 9.90 Å². The summed E-state index contributed by atoms with van der Waals surface area (Å²) in [5, 5.41) is 9.43. The van der Waals surface area contributed by atoms with Gasteiger partial charge in [-0.3, -0.25) is 4.79 Å². The van der Waals surface area contributed by atoms with Gasteiger partial charge in [-0.2, -0.15) is 0 Å². The molecule has 17 heavy (non-hydrogen) atoms. The van der Waals surface area contributed by atoms with Crippen LogP contribution in [0.1, 0.15) is 22.3 Å². The van der Waals surface area contributed by atoms with Gasteiger partial charge in [-0.25, -0.2) is 0 Å². The second-order valence-electron chi connectivity index (χ2n) is 4.64. The van der Waals surface area contributed by atoms with E-state index in [0.717, 1.165) is 25.1 Å². The van der Waals surface area contributed by atoms with E-state index in [0.29, 0.717) is 18.0 Å². The summed E-state index contributed by atoms with van der Waals surface area (Å²) in [6.07, 6.45) is 0.985. The van der Waals surface area contributed by atoms with Gasteiger partial charge < -0.3 is 15.7 Å². The highest BCUT2D eigenvalue weighted by atomic mass is 16.3. The van der Waals surface area contributed by atoms with Crippen molar-refractivity contribution in [3.05, 3.63) is 29.3 Å². The summed E-state index contributed by atoms with van der Waals surface area (Å²) in [4.78, 5) is 14.0. The summed E-state index contributed by atoms with van der Waals surface area (Å²) >= 11 is 0. The molecule has 0 saturated carbocycles. The highest BCUT2D eigenvalue weighted by Crippen LogP contribution is 2.21. The minimum atomic E-state index is 0.0315. The fourth-order valence-electron chi connectivity index (χ4n) is 2.18. The van der Waals surface area contributed by atoms with Gasteiger partial charge in [0.15, 0.2) is 0 Å². The molecule has 4 nitrogen and oxygen atoms in total. The first-order chi connectivity index (χ1) is 8.11. The van der Waals surface area contributed by atoms with Crippen molar-refractivity contribution in [2.24, 2.45) is 11.7 Å². The van der Waals surface area contributed by atoms with Gasteiger partial charge in [0, 0.05) is 18.7 Å². The molecule has 1 aliphatic rings. The summed E-state index contributed by atoms with van der Waals surface area (Å²) in [5.41, 5.74) is 6.97. The summed E-state index contributed by atoms with van der Waals surface area (Å²) < 4.78 is 0. The van der Waals surface area contributed by atoms with E-state index in [9.17, 15) is 9.90 Å². The Labute approximate surface area is 101 Å². The molecule has 0 spiro atoms. The van der Waals surface area contributed by atoms with E-state index in [1.807, 2.05) is 4.90 Å². The van der Waals surface area contributed by atoms with Crippen molar-refractivity contribution in [3.8, 4) is 5.75 Å². The van der Waals surface area contributed by atoms with Crippen LogP contribution in [0.5, 0.6) is 5.75 Å². The Bertz CT molecular complexity index is 431. The molecule has 0 aromatic heterocycles. The van der Waals surface area contributed by atoms with Gasteiger partial charge in [-0.05, 0) is 49.6 Å². The molecule has 1 aromatic carbocycles. The molecule has 1 saturated heterocycles. The molecule has 0 radical (unpaired) electrons. The number of carbonyl (C=O) groups is 1. The number of hydrogen-bond acceptors (Lipinski definition) is 3. The number of aryl methyl sites for hydroxylation is 1. The highest BCUT2D eigenvalue weighted by molar-refractivity contribution is 5.94. The number of nitrogens with zero attached hydrogens (tertiary/aromatic N) is 1. The molecule has 1 heterocycles. The predicted molar refractivity (Wildman–Crippen MR) is 65.9 cm³/mol. The second kappa shape index (κ2) is 4.75. The minimum absolute atomic E-state index is 0.0315. The van der Waals surface area contributed by atoms with E-state index in [2.05, 4.69) is 0 Å². The lowest BCUT2D eigenvalue weighted by atomic mass is 10.1. The maximum atomic E-state index is 12.2. The normalized spacial score (nSPS) is 19.6. The molecule has 2 rings (SSSR count). The van der Waals surface area contributed by atoms with Crippen LogP contribution in [-0.4, -0.2) is 35.5 Å². The van der Waals surface area contributed by atoms with Crippen LogP contribution >= 0.6 is 0 Å². The second-order valence-corrected chi connectivity index (χ2v) is 4.64. The molecule has 1 amide bonds. The topological polar surface area (TPSA) is 66.6 Å². The molecule has 0 aliphatic carbocycles. The zero-order valence-corrected chi connectivity index (χ0v) is 10.0. The minimum Gasteiger partial charge on any atom is -0.508 e. The molecule has 1 aliphatic heterocycles. The van der Waals surface area contributed by atoms with Gasteiger partial charge in [0.1, 0.15) is 5.75 Å². The van der Waals surface area contributed by atoms with Gasteiger partial charge in [0.05, 0.1) is 0 Å². The number of phenolic OH excluding ortho intramolecular Hbond substituents is 1. The van der Waals surface area contributed by atoms with Crippen LogP contribution in [0.2, 0.25) is 0 Å². The summed E-state index contributed by atoms with van der Waals surface area (Å²) in [5.74, 6) is 0.684. The van der Waals surface area contributed by atoms with Gasteiger partial charge in [-0.1, -0.05) is 0 Å². The Morgan fingerprint density at radius 2 is 2.35 bits per heavy atom. The molecule has 92 valence electrons. The lowest BCUT2D eigenvalue weighted by molar-refractivity contribution is 0.0787. The number of likely N-dealkylation sites (tertiary alicyclic amines) is 1. The third-order valence-corrected chi connectivity index (χ3v) is 3.35. The zero-order valence-electron chi connectivity index (χ0n) is 10.0. The van der Waals surface area contributed by atoms with E-state index < -0.39 is 0 Å². The number of aromatic hydroxyl groups is 1. The van der Waals surface area contributed by atoms with Crippen LogP contribution in [0.15, 0.2) is 18.2 Å². The van der Waals surface area contributed by atoms with Crippen molar-refractivity contribution in [3.63, 3.8) is 0 Å². The number of carbonyl (C=O) groups excluding carboxylic acids is 1. The third-order valence-electron chi connectivity index (χ3n) is 3.35. The largest absolute Gasteiger partial charge is 0.508 e. The van der Waals surface area contributed by atoms with Crippen LogP contribution in [0.4, 0.5) is 0 Å². The number of rotatable bonds is 2. The van der Waals surface area contributed by atoms with Crippen molar-refractivity contribution in [2.75, 3.05) is 19.6 Å². The maximum absolute atomic E-state index is 12.2. The number of nitrogens with two attached hydrogens (primary N) is 1. The summed E-state index contributed by atoms with van der Waals surface area (Å²) in [6.45, 7) is 3.95. The third kappa shape index (κ3) is 2.42. The Morgan fingerprint density at radius 3 is 2.94 bits per heavy atom. The molecular weight excluding hydrogens is 216 g/mol. The van der Waals surface area contributed by atoms with Crippen molar-refractivity contribution >= 4 is 5.91 Å². The fourth-order valence-corrected chi connectivity index (χ4v) is 2.18. The molecule has 1 unspecified atom stereocenters. The SMILES string of the molecule is Cc1cc(C(=O)N2CCC(CN)C2)ccc1O. The Morgan fingerprint density at radius 1 is 1.59 bits per heavy atom. The summed E-state index contributed by atoms with van der Waals surface area (Å²) in [7, 11) is 0. The standard InChI is InChI=1S/C13H18N2O2/c1-9-6-11(2-3-12(9)16)13(17)15-5-4-10(7-14)8-15/h2-3,6,10,16H,4-5,7-8,14H2,1H3. The quantitative estimate of drug-likeness (QED) is 0.806. The average molecular weight is 234 g/mol. The van der Waals surface area contributed by atoms with Gasteiger partial charge in [0.2, 0.25) is 0 Å². The van der Waals surface area contributed by atoms with E-state index in [1.54, 1.807) is 25.1 Å².